The van der Waals surface area contributed by atoms with Crippen molar-refractivity contribution in [3.63, 3.8) is 0 Å². The van der Waals surface area contributed by atoms with E-state index < -0.39 is 30.5 Å². The van der Waals surface area contributed by atoms with Crippen molar-refractivity contribution in [1.82, 2.24) is 0 Å². The molecule has 0 unspecified atom stereocenters. The first kappa shape index (κ1) is 17.2. The molecule has 0 radical (unpaired) electrons. The van der Waals surface area contributed by atoms with E-state index in [0.717, 1.165) is 10.4 Å². The summed E-state index contributed by atoms with van der Waals surface area (Å²) in [4.78, 5) is 37.3. The Bertz CT molecular complexity index is 532. The minimum atomic E-state index is -0.801. The van der Waals surface area contributed by atoms with Crippen LogP contribution in [0.4, 0.5) is 5.69 Å². The lowest BCUT2D eigenvalue weighted by molar-refractivity contribution is -0.147. The molecule has 1 amide bonds. The Kier molecular flexibility index (Phi) is 5.90. The number of amides is 1. The molecular weight excluding hydrogens is 294 g/mol. The van der Waals surface area contributed by atoms with Crippen molar-refractivity contribution in [2.45, 2.75) is 33.7 Å². The molecule has 0 bridgehead atoms. The molecule has 0 saturated heterocycles. The second kappa shape index (κ2) is 7.21. The molecular formula is C14H19NO5S. The summed E-state index contributed by atoms with van der Waals surface area (Å²) in [5.74, 6) is -1.54. The summed E-state index contributed by atoms with van der Waals surface area (Å²) in [6, 6.07) is -0.801. The summed E-state index contributed by atoms with van der Waals surface area (Å²) < 4.78 is 9.46. The number of carbonyl (C=O) groups is 3. The van der Waals surface area contributed by atoms with E-state index in [1.165, 1.54) is 30.3 Å². The molecule has 0 saturated carbocycles. The molecule has 1 atom stereocenters. The van der Waals surface area contributed by atoms with Gasteiger partial charge in [0, 0.05) is 11.8 Å². The van der Waals surface area contributed by atoms with Gasteiger partial charge in [0.25, 0.3) is 5.91 Å². The van der Waals surface area contributed by atoms with Crippen molar-refractivity contribution < 1.29 is 23.9 Å². The maximum absolute atomic E-state index is 12.4. The van der Waals surface area contributed by atoms with Gasteiger partial charge in [-0.2, -0.15) is 0 Å². The van der Waals surface area contributed by atoms with Gasteiger partial charge in [-0.25, -0.2) is 4.79 Å². The van der Waals surface area contributed by atoms with Crippen LogP contribution >= 0.6 is 11.3 Å². The highest BCUT2D eigenvalue weighted by atomic mass is 32.1. The summed E-state index contributed by atoms with van der Waals surface area (Å²) in [5, 5.41) is 1.90. The van der Waals surface area contributed by atoms with Crippen molar-refractivity contribution in [2.75, 3.05) is 18.6 Å². The van der Waals surface area contributed by atoms with Gasteiger partial charge in [0.1, 0.15) is 6.04 Å². The lowest BCUT2D eigenvalue weighted by atomic mass is 10.2. The largest absolute Gasteiger partial charge is 0.467 e. The van der Waals surface area contributed by atoms with Crippen molar-refractivity contribution >= 4 is 34.9 Å². The molecule has 0 N–H and O–H groups in total. The standard InChI is InChI=1S/C14H19NO5S/c1-8-7-21-10(3)13(8)15(9(2)14(18)19-5)12(17)6-20-11(4)16/h7,9H,6H2,1-5H3/t9-/m0/s1. The highest BCUT2D eigenvalue weighted by Crippen LogP contribution is 2.32. The number of methoxy groups -OCH3 is 1. The minimum Gasteiger partial charge on any atom is -0.467 e. The number of hydrogen-bond acceptors (Lipinski definition) is 6. The molecule has 1 aromatic rings. The maximum atomic E-state index is 12.4. The number of thiophene rings is 1. The molecule has 6 nitrogen and oxygen atoms in total. The number of ether oxygens (including phenoxy) is 2. The molecule has 1 aromatic heterocycles. The quantitative estimate of drug-likeness (QED) is 0.775. The van der Waals surface area contributed by atoms with Gasteiger partial charge in [-0.3, -0.25) is 14.5 Å². The zero-order valence-electron chi connectivity index (χ0n) is 12.8. The summed E-state index contributed by atoms with van der Waals surface area (Å²) in [6.45, 7) is 6.11. The van der Waals surface area contributed by atoms with Crippen molar-refractivity contribution in [1.29, 1.82) is 0 Å². The van der Waals surface area contributed by atoms with Crippen LogP contribution in [0.15, 0.2) is 5.38 Å². The van der Waals surface area contributed by atoms with Crippen LogP contribution in [0.3, 0.4) is 0 Å². The number of aryl methyl sites for hydroxylation is 2. The molecule has 116 valence electrons. The Morgan fingerprint density at radius 3 is 2.38 bits per heavy atom. The fourth-order valence-electron chi connectivity index (χ4n) is 1.97. The molecule has 1 heterocycles. The van der Waals surface area contributed by atoms with E-state index in [1.807, 2.05) is 19.2 Å². The van der Waals surface area contributed by atoms with E-state index in [-0.39, 0.29) is 0 Å². The van der Waals surface area contributed by atoms with Gasteiger partial charge < -0.3 is 9.47 Å². The number of anilines is 1. The lowest BCUT2D eigenvalue weighted by Crippen LogP contribution is -2.46. The Labute approximate surface area is 127 Å². The van der Waals surface area contributed by atoms with Crippen LogP contribution in [0, 0.1) is 13.8 Å². The van der Waals surface area contributed by atoms with Crippen LogP contribution in [0.2, 0.25) is 0 Å². The number of esters is 2. The second-order valence-electron chi connectivity index (χ2n) is 4.57. The monoisotopic (exact) mass is 313 g/mol. The van der Waals surface area contributed by atoms with Gasteiger partial charge in [0.15, 0.2) is 6.61 Å². The van der Waals surface area contributed by atoms with Gasteiger partial charge in [-0.1, -0.05) is 0 Å². The molecule has 0 aliphatic carbocycles. The van der Waals surface area contributed by atoms with Gasteiger partial charge >= 0.3 is 11.9 Å². The zero-order chi connectivity index (χ0) is 16.2. The summed E-state index contributed by atoms with van der Waals surface area (Å²) in [7, 11) is 1.26. The van der Waals surface area contributed by atoms with Gasteiger partial charge in [-0.15, -0.1) is 11.3 Å². The normalized spacial score (nSPS) is 11.7. The van der Waals surface area contributed by atoms with Gasteiger partial charge in [0.05, 0.1) is 12.8 Å². The van der Waals surface area contributed by atoms with E-state index in [1.54, 1.807) is 6.92 Å². The predicted molar refractivity (Wildman–Crippen MR) is 79.4 cm³/mol. The zero-order valence-corrected chi connectivity index (χ0v) is 13.6. The molecule has 1 rings (SSSR count). The number of nitrogens with zero attached hydrogens (tertiary/aromatic N) is 1. The summed E-state index contributed by atoms with van der Waals surface area (Å²) in [6.07, 6.45) is 0. The topological polar surface area (TPSA) is 72.9 Å². The number of carbonyl (C=O) groups excluding carboxylic acids is 3. The van der Waals surface area contributed by atoms with Crippen LogP contribution in [0.5, 0.6) is 0 Å². The average molecular weight is 313 g/mol. The van der Waals surface area contributed by atoms with E-state index in [2.05, 4.69) is 0 Å². The molecule has 0 aliphatic rings. The fraction of sp³-hybridized carbons (Fsp3) is 0.500. The van der Waals surface area contributed by atoms with Crippen LogP contribution in [0.25, 0.3) is 0 Å². The predicted octanol–water partition coefficient (Wildman–Crippen LogP) is 1.82. The first-order chi connectivity index (χ1) is 9.79. The molecule has 7 heteroatoms. The second-order valence-corrected chi connectivity index (χ2v) is 5.65. The van der Waals surface area contributed by atoms with E-state index in [0.29, 0.717) is 5.69 Å². The van der Waals surface area contributed by atoms with Crippen LogP contribution < -0.4 is 4.90 Å². The average Bonchev–Trinajstić information content (AvgIpc) is 2.76. The maximum Gasteiger partial charge on any atom is 0.328 e. The van der Waals surface area contributed by atoms with E-state index >= 15 is 0 Å². The van der Waals surface area contributed by atoms with Crippen molar-refractivity contribution in [2.24, 2.45) is 0 Å². The number of rotatable bonds is 5. The highest BCUT2D eigenvalue weighted by Gasteiger charge is 2.31. The van der Waals surface area contributed by atoms with Gasteiger partial charge in [-0.05, 0) is 31.7 Å². The first-order valence-corrected chi connectivity index (χ1v) is 7.25. The smallest absolute Gasteiger partial charge is 0.328 e. The molecule has 21 heavy (non-hydrogen) atoms. The SMILES string of the molecule is COC(=O)[C@H](C)N(C(=O)COC(C)=O)c1c(C)csc1C. The third-order valence-electron chi connectivity index (χ3n) is 2.96. The molecule has 0 spiro atoms. The van der Waals surface area contributed by atoms with E-state index in [9.17, 15) is 14.4 Å². The fourth-order valence-corrected chi connectivity index (χ4v) is 2.81. The van der Waals surface area contributed by atoms with Crippen LogP contribution in [0.1, 0.15) is 24.3 Å². The van der Waals surface area contributed by atoms with E-state index in [4.69, 9.17) is 9.47 Å². The molecule has 0 aliphatic heterocycles. The van der Waals surface area contributed by atoms with Crippen molar-refractivity contribution in [3.8, 4) is 0 Å². The van der Waals surface area contributed by atoms with Crippen molar-refractivity contribution in [3.05, 3.63) is 15.8 Å². The summed E-state index contributed by atoms with van der Waals surface area (Å²) in [5.41, 5.74) is 1.54. The van der Waals surface area contributed by atoms with Crippen LogP contribution in [-0.2, 0) is 23.9 Å². The third-order valence-corrected chi connectivity index (χ3v) is 3.98. The first-order valence-electron chi connectivity index (χ1n) is 6.37. The third kappa shape index (κ3) is 4.04. The Morgan fingerprint density at radius 2 is 1.95 bits per heavy atom. The minimum absolute atomic E-state index is 0.411. The highest BCUT2D eigenvalue weighted by molar-refractivity contribution is 7.10. The molecule has 0 fully saturated rings. The number of hydrogen-bond donors (Lipinski definition) is 0. The molecule has 0 aromatic carbocycles. The Morgan fingerprint density at radius 1 is 1.33 bits per heavy atom. The lowest BCUT2D eigenvalue weighted by Gasteiger charge is -2.28. The summed E-state index contributed by atoms with van der Waals surface area (Å²) >= 11 is 1.48. The van der Waals surface area contributed by atoms with Gasteiger partial charge in [0.2, 0.25) is 0 Å². The van der Waals surface area contributed by atoms with Crippen LogP contribution in [-0.4, -0.2) is 37.6 Å². The Balaban J connectivity index is 3.14. The Hall–Kier alpha value is -1.89.